The molecule has 108 valence electrons. The fourth-order valence-electron chi connectivity index (χ4n) is 1.62. The van der Waals surface area contributed by atoms with Crippen molar-refractivity contribution in [3.63, 3.8) is 0 Å². The van der Waals surface area contributed by atoms with Crippen molar-refractivity contribution in [3.8, 4) is 17.7 Å². The van der Waals surface area contributed by atoms with Gasteiger partial charge in [-0.3, -0.25) is 4.79 Å². The number of rotatable bonds is 0. The molecule has 0 radical (unpaired) electrons. The molecule has 1 aromatic rings. The van der Waals surface area contributed by atoms with E-state index < -0.39 is 5.60 Å². The number of aromatic nitrogens is 1. The minimum Gasteiger partial charge on any atom is -0.476 e. The summed E-state index contributed by atoms with van der Waals surface area (Å²) in [6.45, 7) is 3.54. The molecule has 0 spiro atoms. The Kier molecular flexibility index (Phi) is 4.98. The second kappa shape index (κ2) is 6.12. The second-order valence-corrected chi connectivity index (χ2v) is 4.91. The van der Waals surface area contributed by atoms with Crippen LogP contribution in [0, 0.1) is 11.8 Å². The maximum atomic E-state index is 11.7. The van der Waals surface area contributed by atoms with Gasteiger partial charge in [0.1, 0.15) is 11.3 Å². The van der Waals surface area contributed by atoms with Crippen LogP contribution in [0.1, 0.15) is 25.8 Å². The van der Waals surface area contributed by atoms with Gasteiger partial charge in [-0.25, -0.2) is 4.98 Å². The van der Waals surface area contributed by atoms with Crippen molar-refractivity contribution in [2.45, 2.75) is 25.9 Å². The Morgan fingerprint density at radius 2 is 2.20 bits per heavy atom. The fourth-order valence-corrected chi connectivity index (χ4v) is 1.62. The first-order chi connectivity index (χ1) is 8.87. The number of amides is 1. The SMILES string of the molecule is CN1C(=O)CCOc2ncc(C#CC(C)(C)O)cc21.Cl. The number of nitrogens with zero attached hydrogens (tertiary/aromatic N) is 2. The van der Waals surface area contributed by atoms with Crippen LogP contribution in [-0.4, -0.2) is 35.3 Å². The standard InChI is InChI=1S/C14H16N2O3.ClH/c1-14(2,18)6-4-10-8-11-13(15-9-10)19-7-5-12(17)16(11)3;/h8-9,18H,5,7H2,1-3H3;1H. The van der Waals surface area contributed by atoms with Crippen LogP contribution in [0.15, 0.2) is 12.3 Å². The first-order valence-corrected chi connectivity index (χ1v) is 6.02. The number of anilines is 1. The number of halogens is 1. The molecule has 0 fully saturated rings. The number of carbonyl (C=O) groups is 1. The van der Waals surface area contributed by atoms with Crippen LogP contribution in [-0.2, 0) is 4.79 Å². The number of aliphatic hydroxyl groups is 1. The van der Waals surface area contributed by atoms with E-state index >= 15 is 0 Å². The fraction of sp³-hybridized carbons (Fsp3) is 0.429. The minimum absolute atomic E-state index is 0. The number of ether oxygens (including phenoxy) is 1. The Hall–Kier alpha value is -1.77. The average molecular weight is 297 g/mol. The highest BCUT2D eigenvalue weighted by Crippen LogP contribution is 2.28. The Morgan fingerprint density at radius 1 is 1.50 bits per heavy atom. The van der Waals surface area contributed by atoms with Gasteiger partial charge in [0, 0.05) is 18.8 Å². The summed E-state index contributed by atoms with van der Waals surface area (Å²) in [4.78, 5) is 17.4. The van der Waals surface area contributed by atoms with E-state index in [0.29, 0.717) is 30.2 Å². The molecule has 1 aliphatic rings. The Balaban J connectivity index is 0.00000200. The van der Waals surface area contributed by atoms with Crippen molar-refractivity contribution in [3.05, 3.63) is 17.8 Å². The van der Waals surface area contributed by atoms with Crippen LogP contribution in [0.5, 0.6) is 5.88 Å². The van der Waals surface area contributed by atoms with E-state index in [-0.39, 0.29) is 18.3 Å². The van der Waals surface area contributed by atoms with Crippen LogP contribution in [0.2, 0.25) is 0 Å². The summed E-state index contributed by atoms with van der Waals surface area (Å²) in [5.74, 6) is 5.95. The molecule has 0 aromatic carbocycles. The lowest BCUT2D eigenvalue weighted by Gasteiger charge is -2.15. The Labute approximate surface area is 124 Å². The molecule has 1 aromatic heterocycles. The molecule has 2 heterocycles. The molecule has 0 bridgehead atoms. The van der Waals surface area contributed by atoms with Gasteiger partial charge in [0.15, 0.2) is 0 Å². The quantitative estimate of drug-likeness (QED) is 0.735. The summed E-state index contributed by atoms with van der Waals surface area (Å²) < 4.78 is 5.42. The number of hydrogen-bond acceptors (Lipinski definition) is 4. The van der Waals surface area contributed by atoms with Gasteiger partial charge >= 0.3 is 0 Å². The van der Waals surface area contributed by atoms with Crippen molar-refractivity contribution in [2.24, 2.45) is 0 Å². The zero-order valence-corrected chi connectivity index (χ0v) is 12.5. The highest BCUT2D eigenvalue weighted by Gasteiger charge is 2.21. The molecule has 20 heavy (non-hydrogen) atoms. The number of hydrogen-bond donors (Lipinski definition) is 1. The van der Waals surface area contributed by atoms with E-state index in [1.165, 1.54) is 4.90 Å². The van der Waals surface area contributed by atoms with Crippen LogP contribution in [0.25, 0.3) is 0 Å². The third kappa shape index (κ3) is 3.86. The lowest BCUT2D eigenvalue weighted by molar-refractivity contribution is -0.118. The first kappa shape index (κ1) is 16.3. The van der Waals surface area contributed by atoms with Gasteiger partial charge in [-0.15, -0.1) is 12.4 Å². The van der Waals surface area contributed by atoms with Gasteiger partial charge in [-0.05, 0) is 19.9 Å². The van der Waals surface area contributed by atoms with Crippen LogP contribution >= 0.6 is 12.4 Å². The van der Waals surface area contributed by atoms with E-state index in [1.54, 1.807) is 33.2 Å². The first-order valence-electron chi connectivity index (χ1n) is 6.02. The summed E-state index contributed by atoms with van der Waals surface area (Å²) in [6, 6.07) is 1.74. The van der Waals surface area contributed by atoms with Crippen molar-refractivity contribution in [1.29, 1.82) is 0 Å². The molecular formula is C14H17ClN2O3. The van der Waals surface area contributed by atoms with E-state index in [9.17, 15) is 9.90 Å². The maximum absolute atomic E-state index is 11.7. The smallest absolute Gasteiger partial charge is 0.238 e. The molecule has 1 amide bonds. The molecule has 2 rings (SSSR count). The Morgan fingerprint density at radius 3 is 2.85 bits per heavy atom. The van der Waals surface area contributed by atoms with E-state index in [4.69, 9.17) is 4.74 Å². The third-order valence-electron chi connectivity index (χ3n) is 2.64. The molecule has 5 nitrogen and oxygen atoms in total. The predicted molar refractivity (Wildman–Crippen MR) is 78.2 cm³/mol. The number of pyridine rings is 1. The zero-order valence-electron chi connectivity index (χ0n) is 11.6. The summed E-state index contributed by atoms with van der Waals surface area (Å²) in [6.07, 6.45) is 1.90. The minimum atomic E-state index is -1.06. The Bertz CT molecular complexity index is 570. The summed E-state index contributed by atoms with van der Waals surface area (Å²) in [5.41, 5.74) is 0.168. The largest absolute Gasteiger partial charge is 0.476 e. The number of carbonyl (C=O) groups excluding carboxylic acids is 1. The molecule has 0 atom stereocenters. The van der Waals surface area contributed by atoms with Crippen molar-refractivity contribution in [1.82, 2.24) is 4.98 Å². The lowest BCUT2D eigenvalue weighted by Crippen LogP contribution is -2.25. The summed E-state index contributed by atoms with van der Waals surface area (Å²) in [5, 5.41) is 9.57. The van der Waals surface area contributed by atoms with Gasteiger partial charge in [-0.2, -0.15) is 0 Å². The van der Waals surface area contributed by atoms with Crippen LogP contribution < -0.4 is 9.64 Å². The molecule has 6 heteroatoms. The van der Waals surface area contributed by atoms with Gasteiger partial charge in [0.25, 0.3) is 0 Å². The van der Waals surface area contributed by atoms with Crippen molar-refractivity contribution < 1.29 is 14.6 Å². The van der Waals surface area contributed by atoms with Crippen molar-refractivity contribution in [2.75, 3.05) is 18.6 Å². The molecule has 1 N–H and O–H groups in total. The molecule has 1 aliphatic heterocycles. The molecular weight excluding hydrogens is 280 g/mol. The van der Waals surface area contributed by atoms with Crippen LogP contribution in [0.4, 0.5) is 5.69 Å². The zero-order chi connectivity index (χ0) is 14.0. The van der Waals surface area contributed by atoms with Gasteiger partial charge < -0.3 is 14.7 Å². The van der Waals surface area contributed by atoms with Crippen molar-refractivity contribution >= 4 is 24.0 Å². The lowest BCUT2D eigenvalue weighted by atomic mass is 10.1. The van der Waals surface area contributed by atoms with E-state index in [1.807, 2.05) is 0 Å². The predicted octanol–water partition coefficient (Wildman–Crippen LogP) is 1.37. The van der Waals surface area contributed by atoms with Crippen LogP contribution in [0.3, 0.4) is 0 Å². The molecule has 0 saturated carbocycles. The second-order valence-electron chi connectivity index (χ2n) is 4.91. The topological polar surface area (TPSA) is 62.7 Å². The maximum Gasteiger partial charge on any atom is 0.238 e. The van der Waals surface area contributed by atoms with Gasteiger partial charge in [-0.1, -0.05) is 11.8 Å². The van der Waals surface area contributed by atoms with Gasteiger partial charge in [0.05, 0.1) is 13.0 Å². The highest BCUT2D eigenvalue weighted by molar-refractivity contribution is 5.94. The normalized spacial score (nSPS) is 14.2. The number of fused-ring (bicyclic) bond motifs is 1. The summed E-state index contributed by atoms with van der Waals surface area (Å²) in [7, 11) is 1.69. The molecule has 0 unspecified atom stereocenters. The van der Waals surface area contributed by atoms with E-state index in [0.717, 1.165) is 0 Å². The van der Waals surface area contributed by atoms with E-state index in [2.05, 4.69) is 16.8 Å². The van der Waals surface area contributed by atoms with Gasteiger partial charge in [0.2, 0.25) is 11.8 Å². The highest BCUT2D eigenvalue weighted by atomic mass is 35.5. The molecule has 0 aliphatic carbocycles. The monoisotopic (exact) mass is 296 g/mol. The molecule has 0 saturated heterocycles. The summed E-state index contributed by atoms with van der Waals surface area (Å²) >= 11 is 0. The third-order valence-corrected chi connectivity index (χ3v) is 2.64. The average Bonchev–Trinajstić information content (AvgIpc) is 2.47.